The average Bonchev–Trinajstić information content (AvgIpc) is 2.34. The van der Waals surface area contributed by atoms with Crippen molar-refractivity contribution in [3.8, 4) is 0 Å². The van der Waals surface area contributed by atoms with Crippen molar-refractivity contribution < 1.29 is 4.74 Å². The number of nitrogens with one attached hydrogen (secondary N) is 2. The van der Waals surface area contributed by atoms with Crippen molar-refractivity contribution in [1.29, 1.82) is 0 Å². The molecule has 0 unspecified atom stereocenters. The van der Waals surface area contributed by atoms with Crippen LogP contribution < -0.4 is 10.7 Å². The molecule has 18 heavy (non-hydrogen) atoms. The van der Waals surface area contributed by atoms with Gasteiger partial charge in [0, 0.05) is 23.8 Å². The van der Waals surface area contributed by atoms with Crippen LogP contribution in [0.15, 0.2) is 18.2 Å². The Labute approximate surface area is 117 Å². The minimum atomic E-state index is 0.585. The van der Waals surface area contributed by atoms with Gasteiger partial charge >= 0.3 is 0 Å². The molecule has 2 N–H and O–H groups in total. The van der Waals surface area contributed by atoms with Crippen LogP contribution in [-0.2, 0) is 4.74 Å². The van der Waals surface area contributed by atoms with Gasteiger partial charge in [-0.3, -0.25) is 5.43 Å². The van der Waals surface area contributed by atoms with Gasteiger partial charge in [0.25, 0.3) is 0 Å². The summed E-state index contributed by atoms with van der Waals surface area (Å²) in [6.45, 7) is 5.12. The molecule has 0 saturated carbocycles. The third kappa shape index (κ3) is 3.81. The molecule has 1 heterocycles. The van der Waals surface area contributed by atoms with E-state index in [-0.39, 0.29) is 0 Å². The highest BCUT2D eigenvalue weighted by atomic mass is 35.5. The maximum Gasteiger partial charge on any atom is 0.185 e. The monoisotopic (exact) mass is 285 g/mol. The molecule has 98 valence electrons. The SMILES string of the molecule is Cc1cc(Cl)ccc1NC(=S)NN1CCOCC1. The Morgan fingerprint density at radius 1 is 1.39 bits per heavy atom. The number of halogens is 1. The number of rotatable bonds is 2. The molecule has 0 amide bonds. The number of nitrogens with zero attached hydrogens (tertiary/aromatic N) is 1. The van der Waals surface area contributed by atoms with Crippen LogP contribution >= 0.6 is 23.8 Å². The van der Waals surface area contributed by atoms with Gasteiger partial charge in [0.2, 0.25) is 0 Å². The predicted octanol–water partition coefficient (Wildman–Crippen LogP) is 2.18. The van der Waals surface area contributed by atoms with Crippen LogP contribution in [0, 0.1) is 6.92 Å². The molecule has 0 spiro atoms. The molecule has 2 rings (SSSR count). The van der Waals surface area contributed by atoms with Gasteiger partial charge in [0.15, 0.2) is 5.11 Å². The maximum atomic E-state index is 5.91. The van der Waals surface area contributed by atoms with E-state index in [1.807, 2.05) is 30.1 Å². The zero-order chi connectivity index (χ0) is 13.0. The first kappa shape index (κ1) is 13.5. The number of hydrazine groups is 1. The highest BCUT2D eigenvalue weighted by molar-refractivity contribution is 7.80. The van der Waals surface area contributed by atoms with Gasteiger partial charge in [-0.05, 0) is 42.9 Å². The minimum absolute atomic E-state index is 0.585. The molecule has 0 aromatic heterocycles. The first-order valence-electron chi connectivity index (χ1n) is 5.81. The highest BCUT2D eigenvalue weighted by Gasteiger charge is 2.11. The molecule has 1 aromatic carbocycles. The lowest BCUT2D eigenvalue weighted by atomic mass is 10.2. The summed E-state index contributed by atoms with van der Waals surface area (Å²) in [6.07, 6.45) is 0. The summed E-state index contributed by atoms with van der Waals surface area (Å²) in [4.78, 5) is 0. The molecule has 0 aliphatic carbocycles. The molecule has 1 saturated heterocycles. The van der Waals surface area contributed by atoms with Crippen molar-refractivity contribution in [3.63, 3.8) is 0 Å². The predicted molar refractivity (Wildman–Crippen MR) is 77.9 cm³/mol. The molecular weight excluding hydrogens is 270 g/mol. The van der Waals surface area contributed by atoms with Crippen molar-refractivity contribution in [2.24, 2.45) is 0 Å². The lowest BCUT2D eigenvalue weighted by molar-refractivity contribution is 0.0252. The molecule has 0 radical (unpaired) electrons. The summed E-state index contributed by atoms with van der Waals surface area (Å²) in [5.74, 6) is 0. The molecular formula is C12H16ClN3OS. The summed E-state index contributed by atoms with van der Waals surface area (Å²) in [6, 6.07) is 5.67. The van der Waals surface area contributed by atoms with Gasteiger partial charge < -0.3 is 10.1 Å². The number of thiocarbonyl (C=S) groups is 1. The van der Waals surface area contributed by atoms with E-state index < -0.39 is 0 Å². The Balaban J connectivity index is 1.90. The van der Waals surface area contributed by atoms with Gasteiger partial charge in [-0.15, -0.1) is 0 Å². The summed E-state index contributed by atoms with van der Waals surface area (Å²) in [5.41, 5.74) is 5.18. The van der Waals surface area contributed by atoms with E-state index in [1.165, 1.54) is 0 Å². The van der Waals surface area contributed by atoms with E-state index in [9.17, 15) is 0 Å². The molecule has 0 bridgehead atoms. The molecule has 1 fully saturated rings. The summed E-state index contributed by atoms with van der Waals surface area (Å²) >= 11 is 11.2. The Kier molecular flexibility index (Phi) is 4.77. The summed E-state index contributed by atoms with van der Waals surface area (Å²) < 4.78 is 5.27. The lowest BCUT2D eigenvalue weighted by Gasteiger charge is -2.28. The van der Waals surface area contributed by atoms with Crippen LogP contribution in [0.5, 0.6) is 0 Å². The number of morpholine rings is 1. The molecule has 6 heteroatoms. The fourth-order valence-corrected chi connectivity index (χ4v) is 2.20. The van der Waals surface area contributed by atoms with E-state index in [0.29, 0.717) is 5.11 Å². The fraction of sp³-hybridized carbons (Fsp3) is 0.417. The Bertz CT molecular complexity index is 435. The topological polar surface area (TPSA) is 36.5 Å². The number of hydrogen-bond acceptors (Lipinski definition) is 3. The van der Waals surface area contributed by atoms with Gasteiger partial charge in [-0.25, -0.2) is 5.01 Å². The first-order valence-corrected chi connectivity index (χ1v) is 6.60. The van der Waals surface area contributed by atoms with Gasteiger partial charge in [0.05, 0.1) is 13.2 Å². The van der Waals surface area contributed by atoms with Gasteiger partial charge in [-0.1, -0.05) is 11.6 Å². The number of ether oxygens (including phenoxy) is 1. The van der Waals surface area contributed by atoms with E-state index in [4.69, 9.17) is 28.6 Å². The van der Waals surface area contributed by atoms with Crippen LogP contribution in [0.2, 0.25) is 5.02 Å². The second-order valence-electron chi connectivity index (χ2n) is 4.12. The Hall–Kier alpha value is -0.880. The quantitative estimate of drug-likeness (QED) is 0.815. The standard InChI is InChI=1S/C12H16ClN3OS/c1-9-8-10(13)2-3-11(9)14-12(18)15-16-4-6-17-7-5-16/h2-3,8H,4-7H2,1H3,(H2,14,15,18). The smallest absolute Gasteiger partial charge is 0.185 e. The van der Waals surface area contributed by atoms with Crippen molar-refractivity contribution in [3.05, 3.63) is 28.8 Å². The molecule has 1 aliphatic rings. The zero-order valence-corrected chi connectivity index (χ0v) is 11.8. The Morgan fingerprint density at radius 2 is 2.11 bits per heavy atom. The average molecular weight is 286 g/mol. The van der Waals surface area contributed by atoms with Crippen molar-refractivity contribution >= 4 is 34.6 Å². The number of benzene rings is 1. The van der Waals surface area contributed by atoms with Crippen molar-refractivity contribution in [2.75, 3.05) is 31.6 Å². The lowest BCUT2D eigenvalue weighted by Crippen LogP contribution is -2.49. The molecule has 1 aliphatic heterocycles. The summed E-state index contributed by atoms with van der Waals surface area (Å²) in [5, 5.41) is 6.52. The normalized spacial score (nSPS) is 16.3. The van der Waals surface area contributed by atoms with E-state index in [1.54, 1.807) is 0 Å². The summed E-state index contributed by atoms with van der Waals surface area (Å²) in [7, 11) is 0. The third-order valence-corrected chi connectivity index (χ3v) is 3.14. The minimum Gasteiger partial charge on any atom is -0.379 e. The number of hydrogen-bond donors (Lipinski definition) is 2. The molecule has 1 aromatic rings. The van der Waals surface area contributed by atoms with Crippen LogP contribution in [0.25, 0.3) is 0 Å². The maximum absolute atomic E-state index is 5.91. The molecule has 0 atom stereocenters. The second kappa shape index (κ2) is 6.33. The van der Waals surface area contributed by atoms with Crippen molar-refractivity contribution in [2.45, 2.75) is 6.92 Å². The van der Waals surface area contributed by atoms with Crippen molar-refractivity contribution in [1.82, 2.24) is 10.4 Å². The fourth-order valence-electron chi connectivity index (χ4n) is 1.74. The van der Waals surface area contributed by atoms with E-state index in [0.717, 1.165) is 42.6 Å². The van der Waals surface area contributed by atoms with Gasteiger partial charge in [-0.2, -0.15) is 0 Å². The van der Waals surface area contributed by atoms with E-state index in [2.05, 4.69) is 10.7 Å². The second-order valence-corrected chi connectivity index (χ2v) is 4.97. The van der Waals surface area contributed by atoms with Crippen LogP contribution in [0.3, 0.4) is 0 Å². The third-order valence-electron chi connectivity index (χ3n) is 2.71. The number of aryl methyl sites for hydroxylation is 1. The van der Waals surface area contributed by atoms with E-state index >= 15 is 0 Å². The van der Waals surface area contributed by atoms with Gasteiger partial charge in [0.1, 0.15) is 0 Å². The Morgan fingerprint density at radius 3 is 2.78 bits per heavy atom. The zero-order valence-electron chi connectivity index (χ0n) is 10.2. The van der Waals surface area contributed by atoms with Crippen LogP contribution in [0.4, 0.5) is 5.69 Å². The number of anilines is 1. The largest absolute Gasteiger partial charge is 0.379 e. The first-order chi connectivity index (χ1) is 8.65. The van der Waals surface area contributed by atoms with Crippen LogP contribution in [0.1, 0.15) is 5.56 Å². The molecule has 4 nitrogen and oxygen atoms in total. The van der Waals surface area contributed by atoms with Crippen LogP contribution in [-0.4, -0.2) is 36.4 Å². The highest BCUT2D eigenvalue weighted by Crippen LogP contribution is 2.19.